The van der Waals surface area contributed by atoms with Crippen LogP contribution < -0.4 is 26.0 Å². The number of nitrogens with zero attached hydrogens (tertiary/aromatic N) is 2. The number of nitrogens with one attached hydrogen (secondary N) is 4. The third kappa shape index (κ3) is 9.64. The van der Waals surface area contributed by atoms with Crippen molar-refractivity contribution in [3.05, 3.63) is 59.4 Å². The van der Waals surface area contributed by atoms with Gasteiger partial charge >= 0.3 is 5.97 Å². The lowest BCUT2D eigenvalue weighted by atomic mass is 10.1. The highest BCUT2D eigenvalue weighted by atomic mass is 35.5. The van der Waals surface area contributed by atoms with Gasteiger partial charge in [-0.1, -0.05) is 29.8 Å². The summed E-state index contributed by atoms with van der Waals surface area (Å²) >= 11 is 6.13. The molecule has 4 atom stereocenters. The highest BCUT2D eigenvalue weighted by molar-refractivity contribution is 6.33. The third-order valence-corrected chi connectivity index (χ3v) is 8.03. The summed E-state index contributed by atoms with van der Waals surface area (Å²) in [6.07, 6.45) is 3.55. The first-order chi connectivity index (χ1) is 22.1. The fraction of sp³-hybridized carbons (Fsp3) is 0.452. The Bertz CT molecular complexity index is 1430. The minimum absolute atomic E-state index is 0.0234. The van der Waals surface area contributed by atoms with E-state index < -0.39 is 53.8 Å². The number of rotatable bonds is 8. The van der Waals surface area contributed by atoms with E-state index in [9.17, 15) is 33.9 Å². The second-order valence-corrected chi connectivity index (χ2v) is 11.5. The summed E-state index contributed by atoms with van der Waals surface area (Å²) in [6, 6.07) is 6.12. The molecule has 0 aliphatic carbocycles. The van der Waals surface area contributed by atoms with Gasteiger partial charge < -0.3 is 36.0 Å². The monoisotopic (exact) mass is 656 g/mol. The van der Waals surface area contributed by atoms with Crippen LogP contribution >= 0.6 is 11.6 Å². The Morgan fingerprint density at radius 1 is 1.07 bits per heavy atom. The number of ether oxygens (including phenoxy) is 1. The molecule has 1 aromatic heterocycles. The van der Waals surface area contributed by atoms with Gasteiger partial charge in [-0.05, 0) is 50.3 Å². The maximum atomic E-state index is 14.0. The largest absolute Gasteiger partial charge is 0.493 e. The van der Waals surface area contributed by atoms with Crippen LogP contribution in [0, 0.1) is 0 Å². The van der Waals surface area contributed by atoms with Crippen LogP contribution in [0.2, 0.25) is 5.02 Å². The summed E-state index contributed by atoms with van der Waals surface area (Å²) in [7, 11) is 0. The van der Waals surface area contributed by atoms with Crippen LogP contribution in [0.3, 0.4) is 0 Å². The number of amides is 5. The lowest BCUT2D eigenvalue weighted by Crippen LogP contribution is -2.55. The number of carboxylic acids is 1. The molecule has 1 aromatic carbocycles. The fourth-order valence-electron chi connectivity index (χ4n) is 5.35. The van der Waals surface area contributed by atoms with E-state index in [1.807, 2.05) is 6.07 Å². The van der Waals surface area contributed by atoms with Crippen molar-refractivity contribution < 1.29 is 38.6 Å². The third-order valence-electron chi connectivity index (χ3n) is 7.73. The van der Waals surface area contributed by atoms with Crippen molar-refractivity contribution in [3.63, 3.8) is 0 Å². The molecule has 5 amide bonds. The van der Waals surface area contributed by atoms with Gasteiger partial charge in [-0.15, -0.1) is 0 Å². The number of para-hydroxylation sites is 1. The zero-order valence-electron chi connectivity index (χ0n) is 25.1. The summed E-state index contributed by atoms with van der Waals surface area (Å²) in [6.45, 7) is 0.285. The minimum atomic E-state index is -1.38. The highest BCUT2D eigenvalue weighted by Crippen LogP contribution is 2.23. The number of carbonyl (C=O) groups is 6. The lowest BCUT2D eigenvalue weighted by Gasteiger charge is -2.29. The van der Waals surface area contributed by atoms with Crippen LogP contribution in [-0.2, 0) is 24.0 Å². The topological polar surface area (TPSA) is 196 Å². The molecule has 3 heterocycles. The molecule has 0 spiro atoms. The number of aliphatic carboxylic acids is 1. The molecule has 2 saturated heterocycles. The Balaban J connectivity index is 1.53. The van der Waals surface area contributed by atoms with Gasteiger partial charge in [0.05, 0.1) is 23.6 Å². The van der Waals surface area contributed by atoms with Crippen LogP contribution in [0.5, 0.6) is 5.75 Å². The van der Waals surface area contributed by atoms with E-state index in [2.05, 4.69) is 26.3 Å². The maximum Gasteiger partial charge on any atom is 0.326 e. The van der Waals surface area contributed by atoms with E-state index in [0.29, 0.717) is 25.1 Å². The van der Waals surface area contributed by atoms with Crippen molar-refractivity contribution in [2.24, 2.45) is 0 Å². The molecule has 0 radical (unpaired) electrons. The molecular weight excluding hydrogens is 620 g/mol. The van der Waals surface area contributed by atoms with Crippen LogP contribution in [-0.4, -0.2) is 94.4 Å². The van der Waals surface area contributed by atoms with Gasteiger partial charge in [0.15, 0.2) is 0 Å². The predicted octanol–water partition coefficient (Wildman–Crippen LogP) is 1.04. The van der Waals surface area contributed by atoms with E-state index in [1.165, 1.54) is 23.4 Å². The quantitative estimate of drug-likeness (QED) is 0.276. The van der Waals surface area contributed by atoms with Gasteiger partial charge in [0.25, 0.3) is 5.91 Å². The van der Waals surface area contributed by atoms with Gasteiger partial charge in [0.2, 0.25) is 23.6 Å². The Morgan fingerprint density at radius 2 is 1.85 bits per heavy atom. The van der Waals surface area contributed by atoms with Crippen LogP contribution in [0.1, 0.15) is 55.3 Å². The van der Waals surface area contributed by atoms with E-state index in [-0.39, 0.29) is 61.7 Å². The molecule has 0 unspecified atom stereocenters. The first-order valence-electron chi connectivity index (χ1n) is 15.1. The average molecular weight is 657 g/mol. The number of pyridine rings is 1. The van der Waals surface area contributed by atoms with E-state index in [0.717, 1.165) is 0 Å². The van der Waals surface area contributed by atoms with Crippen LogP contribution in [0.4, 0.5) is 0 Å². The predicted molar refractivity (Wildman–Crippen MR) is 165 cm³/mol. The maximum absolute atomic E-state index is 14.0. The number of aromatic nitrogens is 1. The van der Waals surface area contributed by atoms with E-state index >= 15 is 0 Å². The van der Waals surface area contributed by atoms with Gasteiger partial charge in [-0.3, -0.25) is 29.0 Å². The molecule has 0 bridgehead atoms. The SMILES string of the molecule is O=C1CC[C@@H](C(=O)O)NC(=O)[C@@H]2C[C@@H](NC(=O)c3ccncc3Cl)CN2C(=O)[C@@H](NC(=O)CCOc2ccccc2)CCCCN1. The van der Waals surface area contributed by atoms with Crippen molar-refractivity contribution >= 4 is 47.1 Å². The number of hydrogen-bond acceptors (Lipinski definition) is 8. The van der Waals surface area contributed by atoms with Crippen LogP contribution in [0.15, 0.2) is 48.8 Å². The number of carboxylic acid groups (broad SMARTS) is 1. The smallest absolute Gasteiger partial charge is 0.326 e. The molecule has 5 N–H and O–H groups in total. The summed E-state index contributed by atoms with van der Waals surface area (Å²) in [5, 5.41) is 20.6. The summed E-state index contributed by atoms with van der Waals surface area (Å²) in [5.41, 5.74) is 0.156. The molecule has 4 rings (SSSR count). The average Bonchev–Trinajstić information content (AvgIpc) is 3.45. The zero-order valence-corrected chi connectivity index (χ0v) is 25.8. The molecular formula is C31H37ClN6O8. The number of halogens is 1. The van der Waals surface area contributed by atoms with Crippen molar-refractivity contribution in [1.82, 2.24) is 31.2 Å². The molecule has 2 fully saturated rings. The number of fused-ring (bicyclic) bond motifs is 1. The number of carbonyl (C=O) groups excluding carboxylic acids is 5. The second kappa shape index (κ2) is 16.5. The number of hydrogen-bond donors (Lipinski definition) is 5. The lowest BCUT2D eigenvalue weighted by molar-refractivity contribution is -0.145. The highest BCUT2D eigenvalue weighted by Gasteiger charge is 2.43. The Hall–Kier alpha value is -4.72. The molecule has 246 valence electrons. The first kappa shape index (κ1) is 34.2. The van der Waals surface area contributed by atoms with Crippen molar-refractivity contribution in [2.75, 3.05) is 19.7 Å². The standard InChI is InChI=1S/C31H37ClN6O8/c32-22-17-33-14-11-21(22)28(41)35-19-16-25-29(42)37-24(31(44)45)9-10-26(39)34-13-5-4-8-23(30(43)38(25)18-19)36-27(40)12-15-46-20-6-2-1-3-7-20/h1-3,6-7,11,14,17,19,23-25H,4-5,8-10,12-13,15-16,18H2,(H,34,39)(H,35,41)(H,36,40)(H,37,42)(H,44,45)/t19-,23+,24+,25+/m1/s1. The number of benzene rings is 1. The Kier molecular flexibility index (Phi) is 12.3. The van der Waals surface area contributed by atoms with Gasteiger partial charge in [0.1, 0.15) is 23.9 Å². The fourth-order valence-corrected chi connectivity index (χ4v) is 5.55. The molecule has 2 aromatic rings. The molecule has 15 heteroatoms. The van der Waals surface area contributed by atoms with Gasteiger partial charge in [-0.2, -0.15) is 0 Å². The van der Waals surface area contributed by atoms with Crippen molar-refractivity contribution in [3.8, 4) is 5.75 Å². The normalized spacial score (nSPS) is 22.7. The molecule has 14 nitrogen and oxygen atoms in total. The van der Waals surface area contributed by atoms with Crippen LogP contribution in [0.25, 0.3) is 0 Å². The molecule has 46 heavy (non-hydrogen) atoms. The first-order valence-corrected chi connectivity index (χ1v) is 15.5. The zero-order chi connectivity index (χ0) is 33.1. The molecule has 0 saturated carbocycles. The van der Waals surface area contributed by atoms with Gasteiger partial charge in [-0.25, -0.2) is 4.79 Å². The summed E-state index contributed by atoms with van der Waals surface area (Å²) < 4.78 is 5.61. The molecule has 2 aliphatic rings. The summed E-state index contributed by atoms with van der Waals surface area (Å²) in [4.78, 5) is 82.9. The van der Waals surface area contributed by atoms with E-state index in [4.69, 9.17) is 16.3 Å². The van der Waals surface area contributed by atoms with E-state index in [1.54, 1.807) is 24.3 Å². The summed E-state index contributed by atoms with van der Waals surface area (Å²) in [5.74, 6) is -3.39. The Morgan fingerprint density at radius 3 is 2.59 bits per heavy atom. The van der Waals surface area contributed by atoms with Crippen molar-refractivity contribution in [1.29, 1.82) is 0 Å². The Labute approximate surface area is 270 Å². The second-order valence-electron chi connectivity index (χ2n) is 11.1. The minimum Gasteiger partial charge on any atom is -0.493 e. The van der Waals surface area contributed by atoms with Gasteiger partial charge in [0, 0.05) is 37.9 Å². The van der Waals surface area contributed by atoms with Crippen molar-refractivity contribution in [2.45, 2.75) is 69.1 Å². The molecule has 2 aliphatic heterocycles.